The van der Waals surface area contributed by atoms with Gasteiger partial charge in [-0.15, -0.1) is 0 Å². The monoisotopic (exact) mass is 531 g/mol. The summed E-state index contributed by atoms with van der Waals surface area (Å²) in [6, 6.07) is 29.6. The summed E-state index contributed by atoms with van der Waals surface area (Å²) in [5, 5.41) is 7.56. The number of anilines is 1. The molecule has 8 heteroatoms. The number of benzene rings is 4. The number of nitrogens with zero attached hydrogens (tertiary/aromatic N) is 2. The fraction of sp³-hybridized carbons (Fsp3) is 0.0323. The molecule has 1 fully saturated rings. The molecular weight excluding hydrogens is 510 g/mol. The van der Waals surface area contributed by atoms with Gasteiger partial charge in [-0.2, -0.15) is 0 Å². The Labute approximate surface area is 229 Å². The molecule has 0 unspecified atom stereocenters. The molecular formula is C31H21N3O4S. The SMILES string of the molecule is Cc1ccc(-c2onc3ccc(/C=C4/C(=O)NC(=S)N(c5ccc(Oc6ccccc6)cc5)C4=O)cc23)cc1. The van der Waals surface area contributed by atoms with Crippen molar-refractivity contribution in [2.75, 3.05) is 4.90 Å². The molecule has 0 saturated carbocycles. The Morgan fingerprint density at radius 3 is 2.36 bits per heavy atom. The second-order valence-electron chi connectivity index (χ2n) is 9.02. The van der Waals surface area contributed by atoms with Crippen LogP contribution < -0.4 is 15.0 Å². The van der Waals surface area contributed by atoms with Crippen molar-refractivity contribution in [3.63, 3.8) is 0 Å². The molecule has 2 heterocycles. The van der Waals surface area contributed by atoms with Crippen molar-refractivity contribution in [2.45, 2.75) is 6.92 Å². The Bertz CT molecular complexity index is 1760. The lowest BCUT2D eigenvalue weighted by atomic mass is 10.0. The zero-order valence-corrected chi connectivity index (χ0v) is 21.6. The Morgan fingerprint density at radius 2 is 1.62 bits per heavy atom. The van der Waals surface area contributed by atoms with Crippen LogP contribution in [0.1, 0.15) is 11.1 Å². The Hall–Kier alpha value is -5.08. The first-order valence-electron chi connectivity index (χ1n) is 12.2. The molecule has 1 aliphatic rings. The number of fused-ring (bicyclic) bond motifs is 1. The molecule has 0 radical (unpaired) electrons. The lowest BCUT2D eigenvalue weighted by Gasteiger charge is -2.29. The third-order valence-corrected chi connectivity index (χ3v) is 6.59. The Balaban J connectivity index is 1.30. The summed E-state index contributed by atoms with van der Waals surface area (Å²) in [5.41, 5.74) is 3.81. The van der Waals surface area contributed by atoms with Crippen LogP contribution >= 0.6 is 12.2 Å². The highest BCUT2D eigenvalue weighted by atomic mass is 32.1. The van der Waals surface area contributed by atoms with Gasteiger partial charge in [0.2, 0.25) is 0 Å². The highest BCUT2D eigenvalue weighted by Crippen LogP contribution is 2.31. The molecule has 0 bridgehead atoms. The van der Waals surface area contributed by atoms with Gasteiger partial charge in [-0.05, 0) is 79.3 Å². The summed E-state index contributed by atoms with van der Waals surface area (Å²) >= 11 is 5.34. The fourth-order valence-electron chi connectivity index (χ4n) is 4.31. The van der Waals surface area contributed by atoms with Crippen molar-refractivity contribution in [3.05, 3.63) is 114 Å². The van der Waals surface area contributed by atoms with E-state index >= 15 is 0 Å². The number of amides is 2. The van der Waals surface area contributed by atoms with Crippen LogP contribution in [0.15, 0.2) is 107 Å². The molecule has 4 aromatic carbocycles. The van der Waals surface area contributed by atoms with Crippen LogP contribution in [0.3, 0.4) is 0 Å². The van der Waals surface area contributed by atoms with E-state index in [0.717, 1.165) is 16.5 Å². The normalized spacial score (nSPS) is 14.6. The molecule has 1 saturated heterocycles. The molecule has 2 amide bonds. The number of ether oxygens (including phenoxy) is 1. The summed E-state index contributed by atoms with van der Waals surface area (Å²) in [6.07, 6.45) is 1.55. The van der Waals surface area contributed by atoms with E-state index in [2.05, 4.69) is 10.5 Å². The molecule has 1 aromatic heterocycles. The number of para-hydroxylation sites is 1. The second-order valence-corrected chi connectivity index (χ2v) is 9.41. The lowest BCUT2D eigenvalue weighted by Crippen LogP contribution is -2.54. The number of aryl methyl sites for hydroxylation is 1. The van der Waals surface area contributed by atoms with Gasteiger partial charge in [0.1, 0.15) is 22.6 Å². The molecule has 190 valence electrons. The zero-order chi connectivity index (χ0) is 26.9. The van der Waals surface area contributed by atoms with Crippen LogP contribution in [0, 0.1) is 6.92 Å². The molecule has 1 aliphatic heterocycles. The number of thiocarbonyl (C=S) groups is 1. The van der Waals surface area contributed by atoms with E-state index in [9.17, 15) is 9.59 Å². The molecule has 6 rings (SSSR count). The van der Waals surface area contributed by atoms with Gasteiger partial charge >= 0.3 is 0 Å². The second kappa shape index (κ2) is 10.00. The number of carbonyl (C=O) groups excluding carboxylic acids is 2. The maximum absolute atomic E-state index is 13.5. The van der Waals surface area contributed by atoms with Crippen molar-refractivity contribution >= 4 is 51.8 Å². The molecule has 0 atom stereocenters. The van der Waals surface area contributed by atoms with E-state index in [4.69, 9.17) is 21.5 Å². The molecule has 0 spiro atoms. The van der Waals surface area contributed by atoms with E-state index in [1.807, 2.05) is 67.6 Å². The van der Waals surface area contributed by atoms with E-state index in [1.54, 1.807) is 42.5 Å². The van der Waals surface area contributed by atoms with Gasteiger partial charge in [-0.25, -0.2) is 0 Å². The first kappa shape index (κ1) is 24.3. The number of rotatable bonds is 5. The standard InChI is InChI=1S/C31H21N3O4S/c1-19-7-10-21(11-8-19)28-25-17-20(9-16-27(25)33-38-28)18-26-29(35)32-31(39)34(30(26)36)22-12-14-24(15-13-22)37-23-5-3-2-4-6-23/h2-18H,1H3,(H,32,35,39)/b26-18-. The largest absolute Gasteiger partial charge is 0.457 e. The summed E-state index contributed by atoms with van der Waals surface area (Å²) in [4.78, 5) is 27.6. The highest BCUT2D eigenvalue weighted by molar-refractivity contribution is 7.80. The first-order valence-corrected chi connectivity index (χ1v) is 12.6. The van der Waals surface area contributed by atoms with Crippen LogP contribution in [-0.4, -0.2) is 22.1 Å². The number of aromatic nitrogens is 1. The van der Waals surface area contributed by atoms with Gasteiger partial charge in [0, 0.05) is 5.56 Å². The molecule has 7 nitrogen and oxygen atoms in total. The highest BCUT2D eigenvalue weighted by Gasteiger charge is 2.34. The van der Waals surface area contributed by atoms with Gasteiger partial charge in [0.05, 0.1) is 11.1 Å². The van der Waals surface area contributed by atoms with Gasteiger partial charge in [0.25, 0.3) is 11.8 Å². The van der Waals surface area contributed by atoms with Crippen molar-refractivity contribution < 1.29 is 18.8 Å². The number of carbonyl (C=O) groups is 2. The number of hydrogen-bond donors (Lipinski definition) is 1. The van der Waals surface area contributed by atoms with Gasteiger partial charge in [0.15, 0.2) is 10.9 Å². The van der Waals surface area contributed by atoms with Crippen LogP contribution in [0.25, 0.3) is 28.3 Å². The minimum absolute atomic E-state index is 0.00928. The average Bonchev–Trinajstić information content (AvgIpc) is 3.36. The van der Waals surface area contributed by atoms with Crippen molar-refractivity contribution in [3.8, 4) is 22.8 Å². The van der Waals surface area contributed by atoms with Crippen LogP contribution in [0.4, 0.5) is 5.69 Å². The Morgan fingerprint density at radius 1 is 0.897 bits per heavy atom. The van der Waals surface area contributed by atoms with Crippen molar-refractivity contribution in [1.29, 1.82) is 0 Å². The van der Waals surface area contributed by atoms with Crippen molar-refractivity contribution in [2.24, 2.45) is 0 Å². The third-order valence-electron chi connectivity index (χ3n) is 6.30. The topological polar surface area (TPSA) is 84.7 Å². The van der Waals surface area contributed by atoms with Crippen LogP contribution in [-0.2, 0) is 9.59 Å². The van der Waals surface area contributed by atoms with Crippen LogP contribution in [0.5, 0.6) is 11.5 Å². The summed E-state index contributed by atoms with van der Waals surface area (Å²) in [5.74, 6) is 0.832. The summed E-state index contributed by atoms with van der Waals surface area (Å²) < 4.78 is 11.4. The molecule has 1 N–H and O–H groups in total. The fourth-order valence-corrected chi connectivity index (χ4v) is 4.59. The molecule has 0 aliphatic carbocycles. The van der Waals surface area contributed by atoms with Gasteiger partial charge in [-0.1, -0.05) is 59.3 Å². The molecule has 39 heavy (non-hydrogen) atoms. The molecule has 5 aromatic rings. The van der Waals surface area contributed by atoms with Gasteiger partial charge < -0.3 is 9.26 Å². The van der Waals surface area contributed by atoms with Crippen LogP contribution in [0.2, 0.25) is 0 Å². The maximum Gasteiger partial charge on any atom is 0.270 e. The predicted molar refractivity (Wildman–Crippen MR) is 153 cm³/mol. The number of hydrogen-bond acceptors (Lipinski definition) is 6. The minimum atomic E-state index is -0.561. The van der Waals surface area contributed by atoms with E-state index in [-0.39, 0.29) is 10.7 Å². The quantitative estimate of drug-likeness (QED) is 0.160. The minimum Gasteiger partial charge on any atom is -0.457 e. The summed E-state index contributed by atoms with van der Waals surface area (Å²) in [6.45, 7) is 2.01. The third kappa shape index (κ3) is 4.81. The van der Waals surface area contributed by atoms with E-state index in [1.165, 1.54) is 4.90 Å². The Kier molecular flexibility index (Phi) is 6.22. The zero-order valence-electron chi connectivity index (χ0n) is 20.8. The van der Waals surface area contributed by atoms with E-state index < -0.39 is 11.8 Å². The van der Waals surface area contributed by atoms with Gasteiger partial charge in [-0.3, -0.25) is 19.8 Å². The van der Waals surface area contributed by atoms with E-state index in [0.29, 0.717) is 34.0 Å². The van der Waals surface area contributed by atoms with Crippen molar-refractivity contribution in [1.82, 2.24) is 10.5 Å². The smallest absolute Gasteiger partial charge is 0.270 e. The average molecular weight is 532 g/mol. The number of nitrogens with one attached hydrogen (secondary N) is 1. The predicted octanol–water partition coefficient (Wildman–Crippen LogP) is 6.43. The maximum atomic E-state index is 13.5. The lowest BCUT2D eigenvalue weighted by molar-refractivity contribution is -0.122. The summed E-state index contributed by atoms with van der Waals surface area (Å²) in [7, 11) is 0. The first-order chi connectivity index (χ1) is 19.0.